The van der Waals surface area contributed by atoms with Gasteiger partial charge in [-0.25, -0.2) is 9.59 Å². The fraction of sp³-hybridized carbons (Fsp3) is 0.370. The molecule has 0 spiro atoms. The van der Waals surface area contributed by atoms with Crippen molar-refractivity contribution in [1.29, 1.82) is 0 Å². The summed E-state index contributed by atoms with van der Waals surface area (Å²) in [4.78, 5) is 36.8. The molecule has 0 saturated heterocycles. The van der Waals surface area contributed by atoms with Crippen LogP contribution in [0.2, 0.25) is 0 Å². The van der Waals surface area contributed by atoms with Crippen LogP contribution in [-0.4, -0.2) is 41.8 Å². The van der Waals surface area contributed by atoms with Crippen molar-refractivity contribution in [1.82, 2.24) is 10.6 Å². The van der Waals surface area contributed by atoms with Gasteiger partial charge in [-0.1, -0.05) is 55.0 Å². The van der Waals surface area contributed by atoms with E-state index in [4.69, 9.17) is 4.74 Å². The van der Waals surface area contributed by atoms with E-state index in [9.17, 15) is 19.5 Å². The average molecular weight is 461 g/mol. The molecule has 0 bridgehead atoms. The number of alkyl carbamates (subject to hydrolysis) is 1. The van der Waals surface area contributed by atoms with Crippen LogP contribution >= 0.6 is 0 Å². The largest absolute Gasteiger partial charge is 0.480 e. The van der Waals surface area contributed by atoms with Crippen molar-refractivity contribution in [2.75, 3.05) is 6.61 Å². The number of hydrogen-bond donors (Lipinski definition) is 3. The molecule has 7 nitrogen and oxygen atoms in total. The number of benzene rings is 2. The fourth-order valence-electron chi connectivity index (χ4n) is 4.92. The number of ether oxygens (including phenoxy) is 1. The number of nitrogens with one attached hydrogen (secondary N) is 2. The number of carboxylic acid groups (broad SMARTS) is 1. The summed E-state index contributed by atoms with van der Waals surface area (Å²) in [6, 6.07) is 14.8. The van der Waals surface area contributed by atoms with Crippen LogP contribution < -0.4 is 10.6 Å². The van der Waals surface area contributed by atoms with Crippen LogP contribution in [0.4, 0.5) is 4.79 Å². The van der Waals surface area contributed by atoms with Gasteiger partial charge in [0.2, 0.25) is 5.91 Å². The highest BCUT2D eigenvalue weighted by Crippen LogP contribution is 2.44. The molecule has 176 valence electrons. The molecule has 1 saturated carbocycles. The molecule has 34 heavy (non-hydrogen) atoms. The molecule has 0 heterocycles. The molecule has 2 aromatic carbocycles. The number of hydrogen-bond acceptors (Lipinski definition) is 4. The molecule has 0 aliphatic heterocycles. The van der Waals surface area contributed by atoms with E-state index in [1.165, 1.54) is 0 Å². The molecule has 2 aliphatic rings. The molecule has 3 unspecified atom stereocenters. The number of amides is 2. The first-order valence-corrected chi connectivity index (χ1v) is 11.5. The predicted octanol–water partition coefficient (Wildman–Crippen LogP) is 3.68. The van der Waals surface area contributed by atoms with E-state index < -0.39 is 30.1 Å². The quantitative estimate of drug-likeness (QED) is 0.547. The second kappa shape index (κ2) is 10.4. The van der Waals surface area contributed by atoms with Crippen LogP contribution in [0.25, 0.3) is 11.1 Å². The first-order chi connectivity index (χ1) is 16.5. The third-order valence-corrected chi connectivity index (χ3v) is 6.60. The van der Waals surface area contributed by atoms with Gasteiger partial charge >= 0.3 is 12.1 Å². The lowest BCUT2D eigenvalue weighted by Gasteiger charge is -2.22. The average Bonchev–Trinajstić information content (AvgIpc) is 3.42. The lowest BCUT2D eigenvalue weighted by Crippen LogP contribution is -2.48. The Kier molecular flexibility index (Phi) is 7.17. The van der Waals surface area contributed by atoms with Gasteiger partial charge in [0.05, 0.1) is 5.92 Å². The molecule has 7 heteroatoms. The fourth-order valence-corrected chi connectivity index (χ4v) is 4.92. The molecular weight excluding hydrogens is 432 g/mol. The van der Waals surface area contributed by atoms with E-state index >= 15 is 0 Å². The van der Waals surface area contributed by atoms with E-state index in [-0.39, 0.29) is 24.9 Å². The third-order valence-electron chi connectivity index (χ3n) is 6.60. The Balaban J connectivity index is 1.36. The Morgan fingerprint density at radius 1 is 1.06 bits per heavy atom. The van der Waals surface area contributed by atoms with Gasteiger partial charge in [0.15, 0.2) is 0 Å². The molecule has 0 radical (unpaired) electrons. The third kappa shape index (κ3) is 4.91. The Morgan fingerprint density at radius 2 is 1.71 bits per heavy atom. The highest BCUT2D eigenvalue weighted by atomic mass is 16.5. The standard InChI is InChI=1S/C27H28N2O5/c1-2-3-14-24(26(31)32)28-25(30)21-13-8-15-23(21)29-27(33)34-16-22-19-11-6-4-9-17(19)18-10-5-7-12-20(18)22/h4-7,9-12,21-24H,8,13-16H2,1H3,(H,28,30)(H,29,33)(H,31,32). The molecule has 4 rings (SSSR count). The zero-order chi connectivity index (χ0) is 24.1. The Hall–Kier alpha value is -3.79. The molecule has 2 aromatic rings. The number of aliphatic carboxylic acids is 1. The minimum absolute atomic E-state index is 0.0365. The molecule has 1 fully saturated rings. The number of carboxylic acids is 1. The van der Waals surface area contributed by atoms with E-state index in [2.05, 4.69) is 46.7 Å². The van der Waals surface area contributed by atoms with Crippen LogP contribution in [-0.2, 0) is 14.3 Å². The molecule has 0 aromatic heterocycles. The summed E-state index contributed by atoms with van der Waals surface area (Å²) >= 11 is 0. The molecule has 3 N–H and O–H groups in total. The summed E-state index contributed by atoms with van der Waals surface area (Å²) in [7, 11) is 0. The van der Waals surface area contributed by atoms with Crippen molar-refractivity contribution < 1.29 is 24.2 Å². The van der Waals surface area contributed by atoms with Crippen LogP contribution in [0.3, 0.4) is 0 Å². The summed E-state index contributed by atoms with van der Waals surface area (Å²) < 4.78 is 5.61. The van der Waals surface area contributed by atoms with Gasteiger partial charge in [0.1, 0.15) is 12.6 Å². The van der Waals surface area contributed by atoms with Gasteiger partial charge in [-0.3, -0.25) is 4.79 Å². The highest BCUT2D eigenvalue weighted by Gasteiger charge is 2.36. The normalized spacial score (nSPS) is 19.2. The topological polar surface area (TPSA) is 105 Å². The van der Waals surface area contributed by atoms with E-state index in [0.29, 0.717) is 12.8 Å². The number of rotatable bonds is 7. The van der Waals surface area contributed by atoms with Gasteiger partial charge in [-0.2, -0.15) is 0 Å². The minimum atomic E-state index is -1.13. The summed E-state index contributed by atoms with van der Waals surface area (Å²) in [5, 5.41) is 14.7. The lowest BCUT2D eigenvalue weighted by molar-refractivity contribution is -0.142. The predicted molar refractivity (Wildman–Crippen MR) is 127 cm³/mol. The van der Waals surface area contributed by atoms with E-state index in [1.807, 2.05) is 24.3 Å². The second-order valence-electron chi connectivity index (χ2n) is 8.64. The van der Waals surface area contributed by atoms with E-state index in [0.717, 1.165) is 28.7 Å². The zero-order valence-electron chi connectivity index (χ0n) is 19.0. The van der Waals surface area contributed by atoms with Crippen molar-refractivity contribution in [2.24, 2.45) is 5.92 Å². The van der Waals surface area contributed by atoms with Crippen molar-refractivity contribution in [3.63, 3.8) is 0 Å². The minimum Gasteiger partial charge on any atom is -0.480 e. The monoisotopic (exact) mass is 460 g/mol. The molecule has 2 aliphatic carbocycles. The SMILES string of the molecule is CC#CCC(NC(=O)C1CCCC1NC(=O)OCC1c2ccccc2-c2ccccc21)C(=O)O. The molecule has 2 amide bonds. The van der Waals surface area contributed by atoms with Gasteiger partial charge in [0, 0.05) is 18.4 Å². The maximum absolute atomic E-state index is 12.7. The number of carbonyl (C=O) groups excluding carboxylic acids is 2. The van der Waals surface area contributed by atoms with Crippen molar-refractivity contribution in [2.45, 2.75) is 50.6 Å². The van der Waals surface area contributed by atoms with Crippen molar-refractivity contribution >= 4 is 18.0 Å². The summed E-state index contributed by atoms with van der Waals surface area (Å²) in [6.45, 7) is 1.81. The number of fused-ring (bicyclic) bond motifs is 3. The Bertz CT molecular complexity index is 1100. The van der Waals surface area contributed by atoms with Crippen LogP contribution in [0.1, 0.15) is 49.7 Å². The van der Waals surface area contributed by atoms with Crippen LogP contribution in [0, 0.1) is 17.8 Å². The number of carbonyl (C=O) groups is 3. The van der Waals surface area contributed by atoms with E-state index in [1.54, 1.807) is 6.92 Å². The van der Waals surface area contributed by atoms with Gasteiger partial charge in [-0.15, -0.1) is 11.8 Å². The van der Waals surface area contributed by atoms with Gasteiger partial charge < -0.3 is 20.5 Å². The molecule has 3 atom stereocenters. The van der Waals surface area contributed by atoms with Gasteiger partial charge in [-0.05, 0) is 42.0 Å². The lowest BCUT2D eigenvalue weighted by atomic mass is 9.98. The first kappa shape index (κ1) is 23.4. The van der Waals surface area contributed by atoms with Crippen molar-refractivity contribution in [3.8, 4) is 23.0 Å². The van der Waals surface area contributed by atoms with Crippen molar-refractivity contribution in [3.05, 3.63) is 59.7 Å². The summed E-state index contributed by atoms with van der Waals surface area (Å²) in [6.07, 6.45) is 1.44. The second-order valence-corrected chi connectivity index (χ2v) is 8.64. The molecular formula is C27H28N2O5. The highest BCUT2D eigenvalue weighted by molar-refractivity contribution is 5.86. The maximum Gasteiger partial charge on any atom is 0.407 e. The Morgan fingerprint density at radius 3 is 2.32 bits per heavy atom. The van der Waals surface area contributed by atoms with Gasteiger partial charge in [0.25, 0.3) is 0 Å². The zero-order valence-corrected chi connectivity index (χ0v) is 19.0. The summed E-state index contributed by atoms with van der Waals surface area (Å²) in [5.74, 6) is 3.27. The van der Waals surface area contributed by atoms with Crippen LogP contribution in [0.15, 0.2) is 48.5 Å². The Labute approximate surface area is 198 Å². The first-order valence-electron chi connectivity index (χ1n) is 11.5. The smallest absolute Gasteiger partial charge is 0.407 e. The summed E-state index contributed by atoms with van der Waals surface area (Å²) in [5.41, 5.74) is 4.56. The van der Waals surface area contributed by atoms with Crippen LogP contribution in [0.5, 0.6) is 0 Å². The maximum atomic E-state index is 12.7.